The number of nitrogens with one attached hydrogen (secondary N) is 1. The van der Waals surface area contributed by atoms with Gasteiger partial charge in [0.25, 0.3) is 0 Å². The van der Waals surface area contributed by atoms with Gasteiger partial charge in [0.1, 0.15) is 12.4 Å². The fraction of sp³-hybridized carbons (Fsp3) is 0.0952. The molecule has 1 aliphatic rings. The molecule has 27 heavy (non-hydrogen) atoms. The van der Waals surface area contributed by atoms with Crippen LogP contribution in [0.25, 0.3) is 0 Å². The molecule has 6 heteroatoms. The van der Waals surface area contributed by atoms with E-state index in [1.165, 1.54) is 12.1 Å². The minimum atomic E-state index is -0.510. The summed E-state index contributed by atoms with van der Waals surface area (Å²) < 4.78 is 24.5. The van der Waals surface area contributed by atoms with E-state index in [4.69, 9.17) is 9.39 Å². The molecule has 1 heterocycles. The van der Waals surface area contributed by atoms with Gasteiger partial charge in [0, 0.05) is 5.69 Å². The Morgan fingerprint density at radius 1 is 1.07 bits per heavy atom. The first-order valence-corrected chi connectivity index (χ1v) is 8.66. The van der Waals surface area contributed by atoms with Crippen LogP contribution < -0.4 is 16.2 Å². The summed E-state index contributed by atoms with van der Waals surface area (Å²) >= 11 is 0. The molecule has 0 bridgehead atoms. The molecule has 0 aromatic heterocycles. The summed E-state index contributed by atoms with van der Waals surface area (Å²) in [7, 11) is 0. The Labute approximate surface area is 157 Å². The van der Waals surface area contributed by atoms with E-state index in [0.717, 1.165) is 22.1 Å². The van der Waals surface area contributed by atoms with E-state index in [-0.39, 0.29) is 19.3 Å². The molecular weight excluding hydrogens is 344 g/mol. The molecule has 0 atom stereocenters. The van der Waals surface area contributed by atoms with Gasteiger partial charge in [-0.3, -0.25) is 5.32 Å². The normalized spacial score (nSPS) is 12.6. The number of carbonyl (C=O) groups is 1. The number of anilines is 1. The highest BCUT2D eigenvalue weighted by Crippen LogP contribution is 2.13. The monoisotopic (exact) mass is 361 g/mol. The molecule has 0 fully saturated rings. The van der Waals surface area contributed by atoms with Gasteiger partial charge in [-0.2, -0.15) is 0 Å². The first-order chi connectivity index (χ1) is 13.2. The maximum atomic E-state index is 13.4. The van der Waals surface area contributed by atoms with E-state index >= 15 is 0 Å². The van der Waals surface area contributed by atoms with Gasteiger partial charge in [-0.25, -0.2) is 9.18 Å². The predicted molar refractivity (Wildman–Crippen MR) is 103 cm³/mol. The smallest absolute Gasteiger partial charge is 0.411 e. The molecule has 1 amide bonds. The highest BCUT2D eigenvalue weighted by molar-refractivity contribution is 6.81. The zero-order chi connectivity index (χ0) is 18.6. The molecule has 1 N–H and O–H groups in total. The highest BCUT2D eigenvalue weighted by Gasteiger charge is 2.30. The quantitative estimate of drug-likeness (QED) is 0.726. The van der Waals surface area contributed by atoms with E-state index in [1.54, 1.807) is 18.2 Å². The van der Waals surface area contributed by atoms with Crippen molar-refractivity contribution in [2.24, 2.45) is 0 Å². The third kappa shape index (κ3) is 4.01. The summed E-state index contributed by atoms with van der Waals surface area (Å²) in [6.07, 6.45) is -0.510. The Morgan fingerprint density at radius 2 is 1.93 bits per heavy atom. The topological polar surface area (TPSA) is 47.6 Å². The molecule has 3 aromatic carbocycles. The fourth-order valence-corrected chi connectivity index (χ4v) is 3.16. The Kier molecular flexibility index (Phi) is 4.89. The number of amides is 1. The summed E-state index contributed by atoms with van der Waals surface area (Å²) in [5, 5.41) is 2.68. The molecule has 0 radical (unpaired) electrons. The lowest BCUT2D eigenvalue weighted by atomic mass is 9.55. The number of rotatable bonds is 4. The lowest BCUT2D eigenvalue weighted by Gasteiger charge is -2.11. The van der Waals surface area contributed by atoms with Crippen LogP contribution in [0.3, 0.4) is 0 Å². The van der Waals surface area contributed by atoms with Gasteiger partial charge in [-0.1, -0.05) is 48.5 Å². The van der Waals surface area contributed by atoms with Gasteiger partial charge in [0.2, 0.25) is 0 Å². The second kappa shape index (κ2) is 7.64. The van der Waals surface area contributed by atoms with Gasteiger partial charge >= 0.3 is 13.0 Å². The van der Waals surface area contributed by atoms with Crippen LogP contribution in [-0.2, 0) is 22.6 Å². The number of benzene rings is 3. The zero-order valence-electron chi connectivity index (χ0n) is 14.5. The number of halogens is 1. The maximum Gasteiger partial charge on any atom is 0.411 e. The van der Waals surface area contributed by atoms with E-state index in [2.05, 4.69) is 5.32 Å². The first-order valence-electron chi connectivity index (χ1n) is 8.66. The second-order valence-electron chi connectivity index (χ2n) is 6.35. The lowest BCUT2D eigenvalue weighted by Crippen LogP contribution is -2.41. The van der Waals surface area contributed by atoms with Crippen LogP contribution in [0, 0.1) is 5.82 Å². The minimum absolute atomic E-state index is 0.148. The van der Waals surface area contributed by atoms with E-state index in [1.807, 2.05) is 42.5 Å². The molecule has 0 saturated carbocycles. The van der Waals surface area contributed by atoms with Gasteiger partial charge < -0.3 is 9.39 Å². The average molecular weight is 361 g/mol. The largest absolute Gasteiger partial charge is 0.444 e. The molecule has 0 unspecified atom stereocenters. The molecule has 0 aliphatic carbocycles. The lowest BCUT2D eigenvalue weighted by molar-refractivity contribution is 0.155. The molecule has 4 nitrogen and oxygen atoms in total. The summed E-state index contributed by atoms with van der Waals surface area (Å²) in [4.78, 5) is 11.9. The van der Waals surface area contributed by atoms with Gasteiger partial charge in [0.15, 0.2) is 0 Å². The fourth-order valence-electron chi connectivity index (χ4n) is 3.16. The van der Waals surface area contributed by atoms with E-state index in [9.17, 15) is 9.18 Å². The molecule has 134 valence electrons. The van der Waals surface area contributed by atoms with Gasteiger partial charge in [-0.15, -0.1) is 0 Å². The Bertz CT molecular complexity index is 965. The molecular formula is C21H17BFNO3. The van der Waals surface area contributed by atoms with Crippen LogP contribution in [0.15, 0.2) is 72.8 Å². The Hall–Kier alpha value is -3.12. The van der Waals surface area contributed by atoms with E-state index in [0.29, 0.717) is 12.3 Å². The SMILES string of the molecule is O=C(Nc1ccccc1)OCc1cccc(B2OCc3cc(F)ccc32)c1. The summed E-state index contributed by atoms with van der Waals surface area (Å²) in [6.45, 7) is 0.298. The molecule has 0 saturated heterocycles. The Morgan fingerprint density at radius 3 is 2.78 bits per heavy atom. The van der Waals surface area contributed by atoms with Crippen molar-refractivity contribution in [3.8, 4) is 0 Å². The number of hydrogen-bond donors (Lipinski definition) is 1. The number of para-hydroxylation sites is 1. The van der Waals surface area contributed by atoms with Crippen LogP contribution in [-0.4, -0.2) is 13.0 Å². The Balaban J connectivity index is 1.42. The van der Waals surface area contributed by atoms with Crippen molar-refractivity contribution in [1.29, 1.82) is 0 Å². The number of fused-ring (bicyclic) bond motifs is 1. The molecule has 4 rings (SSSR count). The summed E-state index contributed by atoms with van der Waals surface area (Å²) in [5.41, 5.74) is 4.32. The number of carbonyl (C=O) groups excluding carboxylic acids is 1. The second-order valence-corrected chi connectivity index (χ2v) is 6.35. The van der Waals surface area contributed by atoms with Crippen molar-refractivity contribution < 1.29 is 18.6 Å². The van der Waals surface area contributed by atoms with Gasteiger partial charge in [0.05, 0.1) is 6.61 Å². The van der Waals surface area contributed by atoms with Gasteiger partial charge in [-0.05, 0) is 46.3 Å². The van der Waals surface area contributed by atoms with Crippen LogP contribution in [0.2, 0.25) is 0 Å². The first kappa shape index (κ1) is 17.3. The van der Waals surface area contributed by atoms with Crippen molar-refractivity contribution >= 4 is 29.6 Å². The van der Waals surface area contributed by atoms with Crippen LogP contribution in [0.4, 0.5) is 14.9 Å². The third-order valence-electron chi connectivity index (χ3n) is 4.44. The summed E-state index contributed by atoms with van der Waals surface area (Å²) in [6, 6.07) is 21.5. The predicted octanol–water partition coefficient (Wildman–Crippen LogP) is 3.21. The number of hydrogen-bond acceptors (Lipinski definition) is 3. The standard InChI is InChI=1S/C21H17BFNO3/c23-18-9-10-20-16(12-18)14-27-22(20)17-6-4-5-15(11-17)13-26-21(25)24-19-7-2-1-3-8-19/h1-12H,13-14H2,(H,24,25). The van der Waals surface area contributed by atoms with Crippen molar-refractivity contribution in [3.05, 3.63) is 89.7 Å². The maximum absolute atomic E-state index is 13.4. The third-order valence-corrected chi connectivity index (χ3v) is 4.44. The van der Waals surface area contributed by atoms with Crippen LogP contribution in [0.1, 0.15) is 11.1 Å². The van der Waals surface area contributed by atoms with Crippen LogP contribution >= 0.6 is 0 Å². The molecule has 0 spiro atoms. The van der Waals surface area contributed by atoms with Crippen molar-refractivity contribution in [2.75, 3.05) is 5.32 Å². The summed E-state index contributed by atoms with van der Waals surface area (Å²) in [5.74, 6) is -0.260. The zero-order valence-corrected chi connectivity index (χ0v) is 14.5. The van der Waals surface area contributed by atoms with Crippen molar-refractivity contribution in [3.63, 3.8) is 0 Å². The van der Waals surface area contributed by atoms with Crippen molar-refractivity contribution in [1.82, 2.24) is 0 Å². The minimum Gasteiger partial charge on any atom is -0.444 e. The molecule has 1 aliphatic heterocycles. The number of ether oxygens (including phenoxy) is 1. The molecule has 3 aromatic rings. The average Bonchev–Trinajstić information content (AvgIpc) is 3.10. The van der Waals surface area contributed by atoms with Crippen molar-refractivity contribution in [2.45, 2.75) is 13.2 Å². The van der Waals surface area contributed by atoms with E-state index < -0.39 is 6.09 Å². The highest BCUT2D eigenvalue weighted by atomic mass is 19.1. The van der Waals surface area contributed by atoms with Crippen LogP contribution in [0.5, 0.6) is 0 Å².